The molecule has 146 valence electrons. The van der Waals surface area contributed by atoms with Crippen molar-refractivity contribution < 1.29 is 14.3 Å². The van der Waals surface area contributed by atoms with Crippen molar-refractivity contribution in [1.29, 1.82) is 0 Å². The SMILES string of the molecule is CCOc1ccc(CCNC(=O)NCCc2ccccc2Br)cc1OCC. The van der Waals surface area contributed by atoms with Gasteiger partial charge in [0.25, 0.3) is 0 Å². The van der Waals surface area contributed by atoms with E-state index in [1.54, 1.807) is 0 Å². The molecule has 0 saturated heterocycles. The summed E-state index contributed by atoms with van der Waals surface area (Å²) in [5.41, 5.74) is 2.27. The van der Waals surface area contributed by atoms with Crippen LogP contribution in [0.25, 0.3) is 0 Å². The third-order valence-corrected chi connectivity index (χ3v) is 4.72. The van der Waals surface area contributed by atoms with Gasteiger partial charge in [0.05, 0.1) is 13.2 Å². The van der Waals surface area contributed by atoms with Crippen molar-refractivity contribution in [1.82, 2.24) is 10.6 Å². The summed E-state index contributed by atoms with van der Waals surface area (Å²) < 4.78 is 12.3. The number of ether oxygens (including phenoxy) is 2. The third kappa shape index (κ3) is 7.13. The second-order valence-corrected chi connectivity index (χ2v) is 6.78. The Morgan fingerprint density at radius 1 is 0.926 bits per heavy atom. The first kappa shape index (κ1) is 21.1. The zero-order chi connectivity index (χ0) is 19.5. The lowest BCUT2D eigenvalue weighted by molar-refractivity contribution is 0.241. The normalized spacial score (nSPS) is 10.3. The highest BCUT2D eigenvalue weighted by Crippen LogP contribution is 2.28. The zero-order valence-electron chi connectivity index (χ0n) is 15.9. The summed E-state index contributed by atoms with van der Waals surface area (Å²) >= 11 is 3.52. The second-order valence-electron chi connectivity index (χ2n) is 5.92. The number of hydrogen-bond acceptors (Lipinski definition) is 3. The van der Waals surface area contributed by atoms with Crippen LogP contribution >= 0.6 is 15.9 Å². The van der Waals surface area contributed by atoms with E-state index >= 15 is 0 Å². The van der Waals surface area contributed by atoms with E-state index in [0.717, 1.165) is 34.4 Å². The molecule has 0 heterocycles. The first-order chi connectivity index (χ1) is 13.1. The van der Waals surface area contributed by atoms with Gasteiger partial charge in [-0.25, -0.2) is 4.79 Å². The summed E-state index contributed by atoms with van der Waals surface area (Å²) in [6.45, 7) is 6.22. The van der Waals surface area contributed by atoms with Crippen molar-refractivity contribution >= 4 is 22.0 Å². The molecule has 0 saturated carbocycles. The maximum absolute atomic E-state index is 11.9. The van der Waals surface area contributed by atoms with Crippen molar-refractivity contribution in [3.05, 3.63) is 58.1 Å². The van der Waals surface area contributed by atoms with Gasteiger partial charge in [0, 0.05) is 17.6 Å². The highest BCUT2D eigenvalue weighted by atomic mass is 79.9. The molecular weight excluding hydrogens is 408 g/mol. The molecule has 0 aliphatic heterocycles. The van der Waals surface area contributed by atoms with E-state index in [-0.39, 0.29) is 6.03 Å². The Labute approximate surface area is 169 Å². The zero-order valence-corrected chi connectivity index (χ0v) is 17.5. The maximum atomic E-state index is 11.9. The smallest absolute Gasteiger partial charge is 0.314 e. The minimum Gasteiger partial charge on any atom is -0.490 e. The molecule has 0 atom stereocenters. The fourth-order valence-electron chi connectivity index (χ4n) is 2.65. The van der Waals surface area contributed by atoms with E-state index in [1.165, 1.54) is 5.56 Å². The van der Waals surface area contributed by atoms with Gasteiger partial charge in [0.1, 0.15) is 0 Å². The fourth-order valence-corrected chi connectivity index (χ4v) is 3.13. The van der Waals surface area contributed by atoms with Gasteiger partial charge in [0.15, 0.2) is 11.5 Å². The number of urea groups is 1. The summed E-state index contributed by atoms with van der Waals surface area (Å²) in [4.78, 5) is 11.9. The van der Waals surface area contributed by atoms with E-state index < -0.39 is 0 Å². The largest absolute Gasteiger partial charge is 0.490 e. The number of rotatable bonds is 10. The molecule has 2 amide bonds. The standard InChI is InChI=1S/C21H27BrN2O3/c1-3-26-19-10-9-16(15-20(19)27-4-2)11-13-23-21(25)24-14-12-17-7-5-6-8-18(17)22/h5-10,15H,3-4,11-14H2,1-2H3,(H2,23,24,25). The van der Waals surface area contributed by atoms with Crippen LogP contribution in [0.15, 0.2) is 46.9 Å². The van der Waals surface area contributed by atoms with Crippen LogP contribution in [0.3, 0.4) is 0 Å². The number of benzene rings is 2. The van der Waals surface area contributed by atoms with Gasteiger partial charge in [0.2, 0.25) is 0 Å². The molecular formula is C21H27BrN2O3. The van der Waals surface area contributed by atoms with Crippen LogP contribution in [-0.4, -0.2) is 32.3 Å². The predicted molar refractivity (Wildman–Crippen MR) is 112 cm³/mol. The van der Waals surface area contributed by atoms with E-state index in [1.807, 2.05) is 56.3 Å². The number of halogens is 1. The molecule has 0 fully saturated rings. The lowest BCUT2D eigenvalue weighted by atomic mass is 10.1. The molecule has 0 spiro atoms. The first-order valence-corrected chi connectivity index (χ1v) is 10.1. The lowest BCUT2D eigenvalue weighted by Crippen LogP contribution is -2.37. The molecule has 0 aromatic heterocycles. The molecule has 6 heteroatoms. The van der Waals surface area contributed by atoms with Gasteiger partial charge in [-0.2, -0.15) is 0 Å². The molecule has 2 aromatic rings. The Kier molecular flexibility index (Phi) is 8.98. The molecule has 0 radical (unpaired) electrons. The van der Waals surface area contributed by atoms with Gasteiger partial charge in [-0.1, -0.05) is 40.2 Å². The molecule has 0 aliphatic rings. The van der Waals surface area contributed by atoms with Crippen LogP contribution in [0, 0.1) is 0 Å². The minimum absolute atomic E-state index is 0.155. The Morgan fingerprint density at radius 3 is 2.30 bits per heavy atom. The number of carbonyl (C=O) groups excluding carboxylic acids is 1. The highest BCUT2D eigenvalue weighted by Gasteiger charge is 2.07. The van der Waals surface area contributed by atoms with Crippen LogP contribution < -0.4 is 20.1 Å². The van der Waals surface area contributed by atoms with Crippen molar-refractivity contribution in [2.24, 2.45) is 0 Å². The van der Waals surface area contributed by atoms with Gasteiger partial charge in [-0.05, 0) is 56.0 Å². The van der Waals surface area contributed by atoms with Gasteiger partial charge in [-0.3, -0.25) is 0 Å². The van der Waals surface area contributed by atoms with Gasteiger partial charge < -0.3 is 20.1 Å². The van der Waals surface area contributed by atoms with Crippen molar-refractivity contribution in [2.45, 2.75) is 26.7 Å². The first-order valence-electron chi connectivity index (χ1n) is 9.27. The van der Waals surface area contributed by atoms with E-state index in [4.69, 9.17) is 9.47 Å². The predicted octanol–water partition coefficient (Wildman–Crippen LogP) is 4.33. The Balaban J connectivity index is 1.74. The summed E-state index contributed by atoms with van der Waals surface area (Å²) in [6.07, 6.45) is 1.51. The second kappa shape index (κ2) is 11.5. The van der Waals surface area contributed by atoms with E-state index in [0.29, 0.717) is 26.3 Å². The summed E-state index contributed by atoms with van der Waals surface area (Å²) in [6, 6.07) is 13.8. The van der Waals surface area contributed by atoms with Gasteiger partial charge >= 0.3 is 6.03 Å². The molecule has 0 bridgehead atoms. The van der Waals surface area contributed by atoms with Crippen molar-refractivity contribution in [3.8, 4) is 11.5 Å². The molecule has 2 rings (SSSR count). The molecule has 2 N–H and O–H groups in total. The quantitative estimate of drug-likeness (QED) is 0.584. The summed E-state index contributed by atoms with van der Waals surface area (Å²) in [7, 11) is 0. The molecule has 27 heavy (non-hydrogen) atoms. The average Bonchev–Trinajstić information content (AvgIpc) is 2.66. The van der Waals surface area contributed by atoms with Crippen molar-refractivity contribution in [3.63, 3.8) is 0 Å². The molecule has 0 aliphatic carbocycles. The van der Waals surface area contributed by atoms with Gasteiger partial charge in [-0.15, -0.1) is 0 Å². The number of nitrogens with one attached hydrogen (secondary N) is 2. The monoisotopic (exact) mass is 434 g/mol. The maximum Gasteiger partial charge on any atom is 0.314 e. The number of hydrogen-bond donors (Lipinski definition) is 2. The topological polar surface area (TPSA) is 59.6 Å². The molecule has 0 unspecified atom stereocenters. The van der Waals surface area contributed by atoms with Crippen LogP contribution in [0.4, 0.5) is 4.79 Å². The summed E-state index contributed by atoms with van der Waals surface area (Å²) in [5.74, 6) is 1.50. The van der Waals surface area contributed by atoms with Crippen LogP contribution in [0.5, 0.6) is 11.5 Å². The molecule has 5 nitrogen and oxygen atoms in total. The molecule has 2 aromatic carbocycles. The lowest BCUT2D eigenvalue weighted by Gasteiger charge is -2.13. The minimum atomic E-state index is -0.155. The number of carbonyl (C=O) groups is 1. The Bertz CT molecular complexity index is 737. The van der Waals surface area contributed by atoms with Crippen LogP contribution in [-0.2, 0) is 12.8 Å². The number of amides is 2. The Hall–Kier alpha value is -2.21. The van der Waals surface area contributed by atoms with Crippen LogP contribution in [0.2, 0.25) is 0 Å². The van der Waals surface area contributed by atoms with Crippen LogP contribution in [0.1, 0.15) is 25.0 Å². The van der Waals surface area contributed by atoms with E-state index in [2.05, 4.69) is 26.6 Å². The van der Waals surface area contributed by atoms with Crippen molar-refractivity contribution in [2.75, 3.05) is 26.3 Å². The third-order valence-electron chi connectivity index (χ3n) is 3.94. The highest BCUT2D eigenvalue weighted by molar-refractivity contribution is 9.10. The average molecular weight is 435 g/mol. The fraction of sp³-hybridized carbons (Fsp3) is 0.381. The van der Waals surface area contributed by atoms with E-state index in [9.17, 15) is 4.79 Å². The summed E-state index contributed by atoms with van der Waals surface area (Å²) in [5, 5.41) is 5.78. The Morgan fingerprint density at radius 2 is 1.59 bits per heavy atom.